The average Bonchev–Trinajstić information content (AvgIpc) is 3.17. The maximum Gasteiger partial charge on any atom is 0.460 e. The van der Waals surface area contributed by atoms with Gasteiger partial charge in [0.1, 0.15) is 0 Å². The molecule has 0 spiro atoms. The van der Waals surface area contributed by atoms with E-state index in [4.69, 9.17) is 3.63 Å². The molecule has 3 fully saturated rings. The molecule has 0 amide bonds. The van der Waals surface area contributed by atoms with Gasteiger partial charge in [-0.3, -0.25) is 0 Å². The summed E-state index contributed by atoms with van der Waals surface area (Å²) in [6.45, 7) is 0. The van der Waals surface area contributed by atoms with Gasteiger partial charge in [-0.1, -0.05) is 106 Å². The monoisotopic (exact) mass is 808 g/mol. The third kappa shape index (κ3) is 7.32. The predicted octanol–water partition coefficient (Wildman–Crippen LogP) is 13.8. The summed E-state index contributed by atoms with van der Waals surface area (Å²) in [7, 11) is -11.5. The lowest BCUT2D eigenvalue weighted by Crippen LogP contribution is -2.63. The quantitative estimate of drug-likeness (QED) is 0.181. The van der Waals surface area contributed by atoms with E-state index in [9.17, 15) is 30.4 Å². The number of alkyl halides is 9. The van der Waals surface area contributed by atoms with Crippen molar-refractivity contribution in [2.45, 2.75) is 152 Å². The van der Waals surface area contributed by atoms with Crippen LogP contribution >= 0.6 is 10.3 Å². The lowest BCUT2D eigenvalue weighted by molar-refractivity contribution is -0.382. The molecular weight excluding hydrogens is 764 g/mol. The summed E-state index contributed by atoms with van der Waals surface area (Å²) in [6.07, 6.45) is 5.40. The Morgan fingerprint density at radius 3 is 1.24 bits per heavy atom. The van der Waals surface area contributed by atoms with E-state index >= 15 is 17.6 Å². The highest BCUT2D eigenvalue weighted by Gasteiger charge is 2.86. The van der Waals surface area contributed by atoms with Crippen LogP contribution in [-0.2, 0) is 13.7 Å². The van der Waals surface area contributed by atoms with Crippen LogP contribution in [0.15, 0.2) is 87.5 Å². The third-order valence-corrected chi connectivity index (χ3v) is 16.7. The molecule has 0 heterocycles. The van der Waals surface area contributed by atoms with Crippen LogP contribution in [0.5, 0.6) is 0 Å². The van der Waals surface area contributed by atoms with Crippen LogP contribution in [-0.4, -0.2) is 31.7 Å². The van der Waals surface area contributed by atoms with Crippen molar-refractivity contribution in [2.24, 2.45) is 0 Å². The molecular formula is C40H45F9O3S2. The summed E-state index contributed by atoms with van der Waals surface area (Å²) >= 11 is 0. The lowest BCUT2D eigenvalue weighted by atomic mass is 9.76. The number of hydrogen-bond acceptors (Lipinski definition) is 3. The summed E-state index contributed by atoms with van der Waals surface area (Å²) in [5.41, 5.74) is 2.28. The van der Waals surface area contributed by atoms with Crippen molar-refractivity contribution in [3.8, 4) is 0 Å². The second-order valence-electron chi connectivity index (χ2n) is 14.9. The van der Waals surface area contributed by atoms with E-state index in [1.54, 1.807) is 12.1 Å². The SMILES string of the molecule is O=S(=O)(OS(c1ccccc1)(c1ccccc1)c1c(C2CCCCC2)cc(C2CCCCC2)cc1C1CCCCC1)C(F)(F)C(F)(F)C(F)(F)C(F)(F)F. The van der Waals surface area contributed by atoms with Crippen LogP contribution in [0, 0.1) is 0 Å². The van der Waals surface area contributed by atoms with E-state index in [0.717, 1.165) is 76.2 Å². The van der Waals surface area contributed by atoms with Crippen LogP contribution in [0.3, 0.4) is 0 Å². The Bertz CT molecular complexity index is 1750. The van der Waals surface area contributed by atoms with Crippen LogP contribution < -0.4 is 0 Å². The third-order valence-electron chi connectivity index (χ3n) is 11.4. The van der Waals surface area contributed by atoms with Crippen molar-refractivity contribution in [3.05, 3.63) is 89.5 Å². The molecule has 6 rings (SSSR count). The zero-order valence-corrected chi connectivity index (χ0v) is 31.3. The topological polar surface area (TPSA) is 43.4 Å². The van der Waals surface area contributed by atoms with E-state index in [0.29, 0.717) is 36.8 Å². The largest absolute Gasteiger partial charge is 0.460 e. The van der Waals surface area contributed by atoms with Gasteiger partial charge < -0.3 is 0 Å². The Hall–Kier alpha value is -2.71. The van der Waals surface area contributed by atoms with E-state index in [-0.39, 0.29) is 32.4 Å². The second kappa shape index (κ2) is 15.7. The highest BCUT2D eigenvalue weighted by Crippen LogP contribution is 2.74. The summed E-state index contributed by atoms with van der Waals surface area (Å²) in [5.74, 6) is -15.2. The van der Waals surface area contributed by atoms with Gasteiger partial charge in [-0.2, -0.15) is 47.9 Å². The molecule has 0 bridgehead atoms. The Morgan fingerprint density at radius 1 is 0.500 bits per heavy atom. The molecule has 0 aromatic heterocycles. The van der Waals surface area contributed by atoms with Crippen LogP contribution in [0.2, 0.25) is 0 Å². The van der Waals surface area contributed by atoms with E-state index in [2.05, 4.69) is 0 Å². The molecule has 0 N–H and O–H groups in total. The van der Waals surface area contributed by atoms with Crippen molar-refractivity contribution in [1.82, 2.24) is 0 Å². The molecule has 3 aromatic carbocycles. The summed E-state index contributed by atoms with van der Waals surface area (Å²) in [4.78, 5) is 0.200. The van der Waals surface area contributed by atoms with E-state index in [1.165, 1.54) is 48.5 Å². The lowest BCUT2D eigenvalue weighted by Gasteiger charge is -2.45. The maximum absolute atomic E-state index is 15.9. The normalized spacial score (nSPS) is 19.9. The van der Waals surface area contributed by atoms with Gasteiger partial charge in [0.15, 0.2) is 0 Å². The molecule has 3 aliphatic rings. The van der Waals surface area contributed by atoms with Crippen molar-refractivity contribution in [1.29, 1.82) is 0 Å². The number of hydrogen-bond donors (Lipinski definition) is 0. The Balaban J connectivity index is 1.72. The molecule has 0 saturated heterocycles. The Morgan fingerprint density at radius 2 is 0.870 bits per heavy atom. The first-order chi connectivity index (χ1) is 25.5. The molecule has 0 radical (unpaired) electrons. The standard InChI is InChI=1S/C40H45F9O3S2/c41-37(42,39(45,46)47)38(43,44)40(48,49)54(50,51)52-53(32-22-12-4-13-23-32,33-24-14-5-15-25-33)36-34(29-18-8-2-9-19-29)26-31(28-16-6-1-7-17-28)27-35(36)30-20-10-3-11-21-30/h4-5,12-15,22-30H,1-3,6-11,16-21H2. The summed E-state index contributed by atoms with van der Waals surface area (Å²) in [5, 5.41) is -7.03. The van der Waals surface area contributed by atoms with Crippen LogP contribution in [0.1, 0.15) is 131 Å². The maximum atomic E-state index is 15.9. The smallest absolute Gasteiger partial charge is 0.202 e. The fourth-order valence-corrected chi connectivity index (χ4v) is 14.2. The van der Waals surface area contributed by atoms with Gasteiger partial charge in [0.2, 0.25) is 0 Å². The number of halogens is 9. The first-order valence-electron chi connectivity index (χ1n) is 18.7. The van der Waals surface area contributed by atoms with Crippen molar-refractivity contribution in [2.75, 3.05) is 0 Å². The predicted molar refractivity (Wildman–Crippen MR) is 190 cm³/mol. The van der Waals surface area contributed by atoms with Gasteiger partial charge in [-0.15, -0.1) is 0 Å². The minimum Gasteiger partial charge on any atom is -0.202 e. The van der Waals surface area contributed by atoms with Crippen molar-refractivity contribution >= 4 is 20.4 Å². The summed E-state index contributed by atoms with van der Waals surface area (Å²) < 4.78 is 164. The van der Waals surface area contributed by atoms with Crippen LogP contribution in [0.25, 0.3) is 0 Å². The molecule has 3 saturated carbocycles. The van der Waals surface area contributed by atoms with Gasteiger partial charge >= 0.3 is 33.4 Å². The highest BCUT2D eigenvalue weighted by atomic mass is 32.3. The van der Waals surface area contributed by atoms with Gasteiger partial charge in [0.05, 0.1) is 0 Å². The van der Waals surface area contributed by atoms with Gasteiger partial charge in [0.25, 0.3) is 0 Å². The van der Waals surface area contributed by atoms with Crippen molar-refractivity contribution < 1.29 is 51.6 Å². The Labute approximate surface area is 312 Å². The average molecular weight is 809 g/mol. The van der Waals surface area contributed by atoms with Gasteiger partial charge in [0, 0.05) is 14.7 Å². The second-order valence-corrected chi connectivity index (χ2v) is 19.3. The molecule has 0 aliphatic heterocycles. The fraction of sp³-hybridized carbons (Fsp3) is 0.550. The van der Waals surface area contributed by atoms with Gasteiger partial charge in [-0.25, -0.2) is 3.63 Å². The minimum atomic E-state index is -7.45. The fourth-order valence-electron chi connectivity index (χ4n) is 8.54. The highest BCUT2D eigenvalue weighted by molar-refractivity contribution is 8.33. The Kier molecular flexibility index (Phi) is 11.9. The molecule has 14 heteroatoms. The molecule has 54 heavy (non-hydrogen) atoms. The van der Waals surface area contributed by atoms with E-state index < -0.39 is 43.7 Å². The zero-order chi connectivity index (χ0) is 39.0. The van der Waals surface area contributed by atoms with Crippen molar-refractivity contribution in [3.63, 3.8) is 0 Å². The molecule has 3 aliphatic carbocycles. The molecule has 3 nitrogen and oxygen atoms in total. The summed E-state index contributed by atoms with van der Waals surface area (Å²) in [6, 6.07) is 18.7. The molecule has 3 aromatic rings. The first kappa shape index (κ1) is 40.9. The number of benzene rings is 3. The minimum absolute atomic E-state index is 0.0130. The van der Waals surface area contributed by atoms with Gasteiger partial charge in [-0.05, 0) is 108 Å². The molecule has 0 atom stereocenters. The first-order valence-corrected chi connectivity index (χ1v) is 21.7. The van der Waals surface area contributed by atoms with Crippen LogP contribution in [0.4, 0.5) is 39.5 Å². The zero-order valence-electron chi connectivity index (χ0n) is 29.7. The van der Waals surface area contributed by atoms with E-state index in [1.807, 2.05) is 12.1 Å². The molecule has 298 valence electrons. The number of rotatable bonds is 11. The molecule has 0 unspecified atom stereocenters.